The highest BCUT2D eigenvalue weighted by Crippen LogP contribution is 2.31. The molecule has 4 N–H and O–H groups in total. The number of amides is 1. The van der Waals surface area contributed by atoms with Crippen LogP contribution in [0.1, 0.15) is 19.4 Å². The SMILES string of the molecule is CC(C)C(NCc1cc(Cl)cc(Cl)c1O)C(N)=O. The molecule has 0 aliphatic rings. The number of primary amides is 1. The Morgan fingerprint density at radius 1 is 1.44 bits per heavy atom. The monoisotopic (exact) mass is 290 g/mol. The van der Waals surface area contributed by atoms with Crippen LogP contribution in [-0.4, -0.2) is 17.1 Å². The van der Waals surface area contributed by atoms with Crippen LogP contribution in [0.5, 0.6) is 5.75 Å². The molecule has 0 radical (unpaired) electrons. The first-order valence-corrected chi connectivity index (χ1v) is 6.28. The normalized spacial score (nSPS) is 12.7. The molecule has 6 heteroatoms. The van der Waals surface area contributed by atoms with E-state index >= 15 is 0 Å². The molecule has 1 atom stereocenters. The summed E-state index contributed by atoms with van der Waals surface area (Å²) in [5.41, 5.74) is 5.81. The molecule has 4 nitrogen and oxygen atoms in total. The third-order valence-electron chi connectivity index (χ3n) is 2.59. The molecule has 0 spiro atoms. The standard InChI is InChI=1S/C12H16Cl2N2O2/c1-6(2)10(12(15)18)16-5-7-3-8(13)4-9(14)11(7)17/h3-4,6,10,16-17H,5H2,1-2H3,(H2,15,18). The van der Waals surface area contributed by atoms with Crippen molar-refractivity contribution in [3.8, 4) is 5.75 Å². The third kappa shape index (κ3) is 3.77. The molecule has 0 aliphatic heterocycles. The van der Waals surface area contributed by atoms with Crippen molar-refractivity contribution in [1.29, 1.82) is 0 Å². The molecule has 100 valence electrons. The number of nitrogens with one attached hydrogen (secondary N) is 1. The Kier molecular flexibility index (Phi) is 5.26. The van der Waals surface area contributed by atoms with E-state index in [0.717, 1.165) is 0 Å². The third-order valence-corrected chi connectivity index (χ3v) is 3.10. The van der Waals surface area contributed by atoms with Crippen molar-refractivity contribution in [2.75, 3.05) is 0 Å². The van der Waals surface area contributed by atoms with Crippen molar-refractivity contribution in [1.82, 2.24) is 5.32 Å². The lowest BCUT2D eigenvalue weighted by atomic mass is 10.0. The van der Waals surface area contributed by atoms with E-state index in [-0.39, 0.29) is 23.2 Å². The van der Waals surface area contributed by atoms with Crippen molar-refractivity contribution in [2.45, 2.75) is 26.4 Å². The number of carbonyl (C=O) groups excluding carboxylic acids is 1. The highest BCUT2D eigenvalue weighted by molar-refractivity contribution is 6.35. The van der Waals surface area contributed by atoms with Crippen LogP contribution in [0.25, 0.3) is 0 Å². The summed E-state index contributed by atoms with van der Waals surface area (Å²) >= 11 is 11.7. The molecular formula is C12H16Cl2N2O2. The summed E-state index contributed by atoms with van der Waals surface area (Å²) in [5, 5.41) is 13.3. The van der Waals surface area contributed by atoms with Gasteiger partial charge in [0.1, 0.15) is 5.75 Å². The predicted molar refractivity (Wildman–Crippen MR) is 72.8 cm³/mol. The molecular weight excluding hydrogens is 275 g/mol. The van der Waals surface area contributed by atoms with Crippen LogP contribution >= 0.6 is 23.2 Å². The molecule has 1 unspecified atom stereocenters. The van der Waals surface area contributed by atoms with Gasteiger partial charge in [0.05, 0.1) is 11.1 Å². The van der Waals surface area contributed by atoms with E-state index in [1.165, 1.54) is 6.07 Å². The summed E-state index contributed by atoms with van der Waals surface area (Å²) in [6.45, 7) is 4.03. The average molecular weight is 291 g/mol. The number of rotatable bonds is 5. The Bertz CT molecular complexity index is 450. The maximum absolute atomic E-state index is 11.2. The number of phenolic OH excluding ortho intramolecular Hbond substituents is 1. The Morgan fingerprint density at radius 2 is 2.06 bits per heavy atom. The van der Waals surface area contributed by atoms with E-state index in [9.17, 15) is 9.90 Å². The molecule has 0 aromatic heterocycles. The van der Waals surface area contributed by atoms with Crippen molar-refractivity contribution in [2.24, 2.45) is 11.7 Å². The van der Waals surface area contributed by atoms with E-state index in [2.05, 4.69) is 5.32 Å². The average Bonchev–Trinajstić information content (AvgIpc) is 2.23. The fraction of sp³-hybridized carbons (Fsp3) is 0.417. The first-order chi connectivity index (χ1) is 8.32. The number of halogens is 2. The maximum Gasteiger partial charge on any atom is 0.234 e. The van der Waals surface area contributed by atoms with E-state index < -0.39 is 11.9 Å². The molecule has 0 fully saturated rings. The minimum absolute atomic E-state index is 0.0412. The zero-order chi connectivity index (χ0) is 13.9. The van der Waals surface area contributed by atoms with Crippen molar-refractivity contribution in [3.05, 3.63) is 27.7 Å². The van der Waals surface area contributed by atoms with Crippen LogP contribution in [0.2, 0.25) is 10.0 Å². The Labute approximate surface area is 116 Å². The summed E-state index contributed by atoms with van der Waals surface area (Å²) in [6.07, 6.45) is 0. The second-order valence-corrected chi connectivity index (χ2v) is 5.24. The van der Waals surface area contributed by atoms with Gasteiger partial charge in [0.2, 0.25) is 5.91 Å². The van der Waals surface area contributed by atoms with Crippen LogP contribution in [0.15, 0.2) is 12.1 Å². The van der Waals surface area contributed by atoms with Crippen LogP contribution in [-0.2, 0) is 11.3 Å². The van der Waals surface area contributed by atoms with Gasteiger partial charge in [-0.3, -0.25) is 4.79 Å². The molecule has 1 aromatic carbocycles. The first-order valence-electron chi connectivity index (χ1n) is 5.52. The second-order valence-electron chi connectivity index (χ2n) is 4.40. The molecule has 1 aromatic rings. The second kappa shape index (κ2) is 6.27. The van der Waals surface area contributed by atoms with Crippen LogP contribution in [0.4, 0.5) is 0 Å². The van der Waals surface area contributed by atoms with Gasteiger partial charge in [-0.05, 0) is 18.1 Å². The number of carbonyl (C=O) groups is 1. The highest BCUT2D eigenvalue weighted by Gasteiger charge is 2.19. The van der Waals surface area contributed by atoms with Crippen LogP contribution in [0, 0.1) is 5.92 Å². The van der Waals surface area contributed by atoms with Crippen molar-refractivity contribution in [3.63, 3.8) is 0 Å². The zero-order valence-corrected chi connectivity index (χ0v) is 11.7. The van der Waals surface area contributed by atoms with Crippen molar-refractivity contribution < 1.29 is 9.90 Å². The Balaban J connectivity index is 2.82. The van der Waals surface area contributed by atoms with E-state index in [1.807, 2.05) is 13.8 Å². The minimum atomic E-state index is -0.470. The van der Waals surface area contributed by atoms with E-state index in [4.69, 9.17) is 28.9 Å². The summed E-state index contributed by atoms with van der Waals surface area (Å²) < 4.78 is 0. The number of phenols is 1. The Hall–Kier alpha value is -0.970. The first kappa shape index (κ1) is 15.1. The number of benzene rings is 1. The van der Waals surface area contributed by atoms with Gasteiger partial charge in [-0.1, -0.05) is 37.0 Å². The highest BCUT2D eigenvalue weighted by atomic mass is 35.5. The molecule has 18 heavy (non-hydrogen) atoms. The number of aromatic hydroxyl groups is 1. The number of nitrogens with two attached hydrogens (primary N) is 1. The summed E-state index contributed by atoms with van der Waals surface area (Å²) in [5.74, 6) is -0.419. The topological polar surface area (TPSA) is 75.3 Å². The van der Waals surface area contributed by atoms with Gasteiger partial charge in [0.15, 0.2) is 0 Å². The number of hydrogen-bond acceptors (Lipinski definition) is 3. The Morgan fingerprint density at radius 3 is 2.56 bits per heavy atom. The van der Waals surface area contributed by atoms with Crippen molar-refractivity contribution >= 4 is 29.1 Å². The fourth-order valence-electron chi connectivity index (χ4n) is 1.64. The zero-order valence-electron chi connectivity index (χ0n) is 10.2. The van der Waals surface area contributed by atoms with Gasteiger partial charge in [-0.15, -0.1) is 0 Å². The van der Waals surface area contributed by atoms with Crippen LogP contribution < -0.4 is 11.1 Å². The van der Waals surface area contributed by atoms with Gasteiger partial charge >= 0.3 is 0 Å². The molecule has 1 rings (SSSR count). The lowest BCUT2D eigenvalue weighted by Gasteiger charge is -2.19. The summed E-state index contributed by atoms with van der Waals surface area (Å²) in [4.78, 5) is 11.2. The lowest BCUT2D eigenvalue weighted by Crippen LogP contribution is -2.44. The van der Waals surface area contributed by atoms with E-state index in [1.54, 1.807) is 6.07 Å². The summed E-state index contributed by atoms with van der Waals surface area (Å²) in [6, 6.07) is 2.58. The molecule has 0 heterocycles. The molecule has 0 saturated heterocycles. The van der Waals surface area contributed by atoms with Gasteiger partial charge in [0, 0.05) is 17.1 Å². The van der Waals surface area contributed by atoms with E-state index in [0.29, 0.717) is 10.6 Å². The summed E-state index contributed by atoms with van der Waals surface area (Å²) in [7, 11) is 0. The largest absolute Gasteiger partial charge is 0.506 e. The molecule has 0 saturated carbocycles. The van der Waals surface area contributed by atoms with Gasteiger partial charge < -0.3 is 16.2 Å². The number of hydrogen-bond donors (Lipinski definition) is 3. The molecule has 1 amide bonds. The quantitative estimate of drug-likeness (QED) is 0.779. The van der Waals surface area contributed by atoms with Gasteiger partial charge in [0.25, 0.3) is 0 Å². The minimum Gasteiger partial charge on any atom is -0.506 e. The predicted octanol–water partition coefficient (Wildman–Crippen LogP) is 2.30. The van der Waals surface area contributed by atoms with Crippen LogP contribution in [0.3, 0.4) is 0 Å². The van der Waals surface area contributed by atoms with Gasteiger partial charge in [-0.2, -0.15) is 0 Å². The maximum atomic E-state index is 11.2. The smallest absolute Gasteiger partial charge is 0.234 e. The van der Waals surface area contributed by atoms with Gasteiger partial charge in [-0.25, -0.2) is 0 Å². The fourth-order valence-corrected chi connectivity index (χ4v) is 2.17. The molecule has 0 aliphatic carbocycles. The molecule has 0 bridgehead atoms. The lowest BCUT2D eigenvalue weighted by molar-refractivity contribution is -0.121.